The Bertz CT molecular complexity index is 1080. The van der Waals surface area contributed by atoms with E-state index in [2.05, 4.69) is 17.6 Å². The van der Waals surface area contributed by atoms with Gasteiger partial charge in [0.1, 0.15) is 23.4 Å². The minimum Gasteiger partial charge on any atom is -0.508 e. The Morgan fingerprint density at radius 1 is 0.974 bits per heavy atom. The number of nitrogens with zero attached hydrogens (tertiary/aromatic N) is 1. The van der Waals surface area contributed by atoms with Crippen LogP contribution < -0.4 is 10.6 Å². The Morgan fingerprint density at radius 2 is 1.61 bits per heavy atom. The van der Waals surface area contributed by atoms with Crippen molar-refractivity contribution in [3.05, 3.63) is 59.7 Å². The Kier molecular flexibility index (Phi) is 11.6. The zero-order valence-electron chi connectivity index (χ0n) is 23.5. The number of unbranched alkanes of at least 4 members (excludes halogenated alkanes) is 4. The molecule has 3 N–H and O–H groups in total. The van der Waals surface area contributed by atoms with Crippen LogP contribution in [-0.4, -0.2) is 46.1 Å². The quantitative estimate of drug-likeness (QED) is 0.291. The van der Waals surface area contributed by atoms with E-state index in [0.717, 1.165) is 31.2 Å². The predicted molar refractivity (Wildman–Crippen MR) is 150 cm³/mol. The number of nitrogens with one attached hydrogen (secondary N) is 2. The van der Waals surface area contributed by atoms with Crippen LogP contribution in [0.4, 0.5) is 10.5 Å². The molecule has 0 spiro atoms. The smallest absolute Gasteiger partial charge is 0.408 e. The number of rotatable bonds is 12. The van der Waals surface area contributed by atoms with Gasteiger partial charge in [-0.1, -0.05) is 69.0 Å². The first-order chi connectivity index (χ1) is 17.9. The maximum absolute atomic E-state index is 13.8. The summed E-state index contributed by atoms with van der Waals surface area (Å²) in [7, 11) is 0. The molecule has 2 aromatic rings. The fourth-order valence-corrected chi connectivity index (χ4v) is 4.13. The van der Waals surface area contributed by atoms with Crippen molar-refractivity contribution in [2.24, 2.45) is 0 Å². The van der Waals surface area contributed by atoms with Crippen molar-refractivity contribution in [1.29, 1.82) is 0 Å². The molecule has 0 aliphatic heterocycles. The Balaban J connectivity index is 2.43. The van der Waals surface area contributed by atoms with Crippen molar-refractivity contribution in [2.45, 2.75) is 91.3 Å². The maximum atomic E-state index is 13.8. The number of alkyl carbamates (subject to hydrolysis) is 1. The van der Waals surface area contributed by atoms with Crippen LogP contribution in [0.3, 0.4) is 0 Å². The Hall–Kier alpha value is -3.55. The first kappa shape index (κ1) is 30.7. The number of anilines is 1. The molecule has 0 fully saturated rings. The van der Waals surface area contributed by atoms with E-state index in [1.165, 1.54) is 11.0 Å². The molecule has 0 aromatic heterocycles. The molecule has 3 amide bonds. The summed E-state index contributed by atoms with van der Waals surface area (Å²) in [5.41, 5.74) is 1.07. The third kappa shape index (κ3) is 9.39. The molecule has 0 radical (unpaired) electrons. The highest BCUT2D eigenvalue weighted by Gasteiger charge is 2.36. The zero-order chi connectivity index (χ0) is 28.3. The molecule has 2 aromatic carbocycles. The SMILES string of the molecule is CCCCCCCN(C(=O)C(C)NC(=O)OC(C)(C)C)C(C(=O)Nc1ccccc1C)c1ccccc1O. The van der Waals surface area contributed by atoms with E-state index < -0.39 is 35.6 Å². The minimum absolute atomic E-state index is 0.0889. The normalized spacial score (nSPS) is 12.8. The van der Waals surface area contributed by atoms with Crippen LogP contribution in [0.15, 0.2) is 48.5 Å². The number of phenols is 1. The fraction of sp³-hybridized carbons (Fsp3) is 0.500. The van der Waals surface area contributed by atoms with E-state index in [0.29, 0.717) is 17.7 Å². The average Bonchev–Trinajstić information content (AvgIpc) is 2.83. The van der Waals surface area contributed by atoms with Crippen molar-refractivity contribution in [2.75, 3.05) is 11.9 Å². The summed E-state index contributed by atoms with van der Waals surface area (Å²) in [6.07, 6.45) is 4.02. The van der Waals surface area contributed by atoms with Gasteiger partial charge in [0.25, 0.3) is 5.91 Å². The van der Waals surface area contributed by atoms with E-state index in [-0.39, 0.29) is 12.3 Å². The number of carbonyl (C=O) groups excluding carboxylic acids is 3. The van der Waals surface area contributed by atoms with E-state index in [9.17, 15) is 19.5 Å². The molecule has 38 heavy (non-hydrogen) atoms. The lowest BCUT2D eigenvalue weighted by Gasteiger charge is -2.34. The molecule has 0 heterocycles. The molecule has 2 atom stereocenters. The van der Waals surface area contributed by atoms with Crippen molar-refractivity contribution in [3.63, 3.8) is 0 Å². The molecule has 2 rings (SSSR count). The minimum atomic E-state index is -1.11. The molecule has 0 saturated carbocycles. The molecule has 208 valence electrons. The number of benzene rings is 2. The van der Waals surface area contributed by atoms with Crippen molar-refractivity contribution in [1.82, 2.24) is 10.2 Å². The van der Waals surface area contributed by atoms with Gasteiger partial charge < -0.3 is 25.4 Å². The molecule has 8 heteroatoms. The monoisotopic (exact) mass is 525 g/mol. The molecular formula is C30H43N3O5. The first-order valence-corrected chi connectivity index (χ1v) is 13.4. The molecule has 0 aliphatic carbocycles. The topological polar surface area (TPSA) is 108 Å². The Labute approximate surface area is 226 Å². The highest BCUT2D eigenvalue weighted by molar-refractivity contribution is 5.99. The van der Waals surface area contributed by atoms with Crippen LogP contribution in [0.25, 0.3) is 0 Å². The number of ether oxygens (including phenoxy) is 1. The largest absolute Gasteiger partial charge is 0.508 e. The van der Waals surface area contributed by atoms with Crippen molar-refractivity contribution >= 4 is 23.6 Å². The standard InChI is InChI=1S/C30H43N3O5/c1-7-8-9-10-15-20-33(28(36)22(3)31-29(37)38-30(4,5)6)26(23-17-12-14-19-25(23)34)27(35)32-24-18-13-11-16-21(24)2/h11-14,16-19,22,26,34H,7-10,15,20H2,1-6H3,(H,31,37)(H,32,35). The number of carbonyl (C=O) groups is 3. The van der Waals surface area contributed by atoms with Crippen LogP contribution in [-0.2, 0) is 14.3 Å². The summed E-state index contributed by atoms with van der Waals surface area (Å²) in [4.78, 5) is 41.5. The van der Waals surface area contributed by atoms with Gasteiger partial charge in [-0.2, -0.15) is 0 Å². The molecule has 8 nitrogen and oxygen atoms in total. The number of aryl methyl sites for hydroxylation is 1. The van der Waals surface area contributed by atoms with E-state index >= 15 is 0 Å². The third-order valence-electron chi connectivity index (χ3n) is 6.08. The zero-order valence-corrected chi connectivity index (χ0v) is 23.5. The molecule has 0 aliphatic rings. The van der Waals surface area contributed by atoms with E-state index in [1.54, 1.807) is 52.0 Å². The molecule has 0 saturated heterocycles. The fourth-order valence-electron chi connectivity index (χ4n) is 4.13. The van der Waals surface area contributed by atoms with Gasteiger partial charge in [-0.15, -0.1) is 0 Å². The van der Waals surface area contributed by atoms with Gasteiger partial charge in [-0.05, 0) is 58.7 Å². The van der Waals surface area contributed by atoms with E-state index in [1.807, 2.05) is 25.1 Å². The van der Waals surface area contributed by atoms with Crippen molar-refractivity contribution in [3.8, 4) is 5.75 Å². The Morgan fingerprint density at radius 3 is 2.24 bits per heavy atom. The highest BCUT2D eigenvalue weighted by Crippen LogP contribution is 2.31. The van der Waals surface area contributed by atoms with Crippen LogP contribution >= 0.6 is 0 Å². The predicted octanol–water partition coefficient (Wildman–Crippen LogP) is 6.09. The lowest BCUT2D eigenvalue weighted by molar-refractivity contribution is -0.140. The number of aromatic hydroxyl groups is 1. The summed E-state index contributed by atoms with van der Waals surface area (Å²) >= 11 is 0. The van der Waals surface area contributed by atoms with Gasteiger partial charge in [0.15, 0.2) is 0 Å². The van der Waals surface area contributed by atoms with Gasteiger partial charge in [0, 0.05) is 17.8 Å². The van der Waals surface area contributed by atoms with Gasteiger partial charge in [-0.3, -0.25) is 9.59 Å². The molecule has 2 unspecified atom stereocenters. The molecular weight excluding hydrogens is 482 g/mol. The number of hydrogen-bond donors (Lipinski definition) is 3. The van der Waals surface area contributed by atoms with Gasteiger partial charge in [0.05, 0.1) is 0 Å². The highest BCUT2D eigenvalue weighted by atomic mass is 16.6. The summed E-state index contributed by atoms with van der Waals surface area (Å²) < 4.78 is 5.33. The summed E-state index contributed by atoms with van der Waals surface area (Å²) in [5.74, 6) is -0.985. The average molecular weight is 526 g/mol. The van der Waals surface area contributed by atoms with Gasteiger partial charge >= 0.3 is 6.09 Å². The molecule has 0 bridgehead atoms. The van der Waals surface area contributed by atoms with Gasteiger partial charge in [-0.25, -0.2) is 4.79 Å². The summed E-state index contributed by atoms with van der Waals surface area (Å²) in [6, 6.07) is 11.8. The van der Waals surface area contributed by atoms with Crippen molar-refractivity contribution < 1.29 is 24.2 Å². The summed E-state index contributed by atoms with van der Waals surface area (Å²) in [6.45, 7) is 11.1. The second-order valence-electron chi connectivity index (χ2n) is 10.6. The maximum Gasteiger partial charge on any atom is 0.408 e. The lowest BCUT2D eigenvalue weighted by atomic mass is 10.0. The number of phenolic OH excluding ortho intramolecular Hbond substituents is 1. The summed E-state index contributed by atoms with van der Waals surface area (Å²) in [5, 5.41) is 16.3. The first-order valence-electron chi connectivity index (χ1n) is 13.4. The van der Waals surface area contributed by atoms with Crippen LogP contribution in [0.2, 0.25) is 0 Å². The third-order valence-corrected chi connectivity index (χ3v) is 6.08. The van der Waals surface area contributed by atoms with Gasteiger partial charge in [0.2, 0.25) is 5.91 Å². The number of amides is 3. The van der Waals surface area contributed by atoms with Crippen LogP contribution in [0.1, 0.15) is 83.9 Å². The second kappa shape index (κ2) is 14.4. The number of hydrogen-bond acceptors (Lipinski definition) is 5. The lowest BCUT2D eigenvalue weighted by Crippen LogP contribution is -2.51. The van der Waals surface area contributed by atoms with Crippen LogP contribution in [0.5, 0.6) is 5.75 Å². The van der Waals surface area contributed by atoms with E-state index in [4.69, 9.17) is 4.74 Å². The second-order valence-corrected chi connectivity index (χ2v) is 10.6. The number of para-hydroxylation sites is 2. The van der Waals surface area contributed by atoms with Crippen LogP contribution in [0, 0.1) is 6.92 Å².